The van der Waals surface area contributed by atoms with Crippen molar-refractivity contribution in [3.63, 3.8) is 0 Å². The first-order valence-electron chi connectivity index (χ1n) is 5.90. The zero-order valence-electron chi connectivity index (χ0n) is 10.4. The normalized spacial score (nSPS) is 17.6. The lowest BCUT2D eigenvalue weighted by Gasteiger charge is -2.39. The number of benzene rings is 1. The standard InChI is InChI=1S/C13H19FN2O/c1-13(9-15-10-13)17-8-7-16(2)12-5-3-11(14)4-6-12/h3-6,15H,7-10H2,1-2H3. The number of rotatable bonds is 5. The largest absolute Gasteiger partial charge is 0.372 e. The third-order valence-corrected chi connectivity index (χ3v) is 3.14. The lowest BCUT2D eigenvalue weighted by molar-refractivity contribution is -0.0631. The summed E-state index contributed by atoms with van der Waals surface area (Å²) in [7, 11) is 1.98. The minimum atomic E-state index is -0.202. The van der Waals surface area contributed by atoms with Crippen molar-refractivity contribution < 1.29 is 9.13 Å². The molecule has 94 valence electrons. The van der Waals surface area contributed by atoms with E-state index in [-0.39, 0.29) is 11.4 Å². The van der Waals surface area contributed by atoms with Crippen LogP contribution in [0, 0.1) is 5.82 Å². The average Bonchev–Trinajstić information content (AvgIpc) is 2.27. The second-order valence-corrected chi connectivity index (χ2v) is 4.80. The Kier molecular flexibility index (Phi) is 3.64. The van der Waals surface area contributed by atoms with E-state index in [1.54, 1.807) is 12.1 Å². The second kappa shape index (κ2) is 5.02. The van der Waals surface area contributed by atoms with E-state index in [4.69, 9.17) is 4.74 Å². The molecule has 1 heterocycles. The van der Waals surface area contributed by atoms with Gasteiger partial charge in [-0.05, 0) is 31.2 Å². The Morgan fingerprint density at radius 2 is 2.00 bits per heavy atom. The number of nitrogens with one attached hydrogen (secondary N) is 1. The molecule has 1 N–H and O–H groups in total. The maximum Gasteiger partial charge on any atom is 0.123 e. The van der Waals surface area contributed by atoms with Crippen molar-refractivity contribution in [2.75, 3.05) is 38.2 Å². The van der Waals surface area contributed by atoms with Crippen LogP contribution < -0.4 is 10.2 Å². The van der Waals surface area contributed by atoms with Gasteiger partial charge in [-0.25, -0.2) is 4.39 Å². The number of hydrogen-bond donors (Lipinski definition) is 1. The van der Waals surface area contributed by atoms with Gasteiger partial charge in [0, 0.05) is 32.4 Å². The van der Waals surface area contributed by atoms with Crippen LogP contribution in [-0.4, -0.2) is 38.9 Å². The first kappa shape index (κ1) is 12.3. The zero-order valence-corrected chi connectivity index (χ0v) is 10.4. The molecule has 1 aliphatic heterocycles. The van der Waals surface area contributed by atoms with E-state index in [0.717, 1.165) is 25.3 Å². The van der Waals surface area contributed by atoms with Crippen molar-refractivity contribution in [1.29, 1.82) is 0 Å². The summed E-state index contributed by atoms with van der Waals surface area (Å²) in [5, 5.41) is 3.20. The van der Waals surface area contributed by atoms with E-state index in [0.29, 0.717) is 6.61 Å². The van der Waals surface area contributed by atoms with Gasteiger partial charge in [0.2, 0.25) is 0 Å². The molecule has 4 heteroatoms. The van der Waals surface area contributed by atoms with Crippen LogP contribution in [0.1, 0.15) is 6.92 Å². The van der Waals surface area contributed by atoms with Crippen molar-refractivity contribution in [2.24, 2.45) is 0 Å². The van der Waals surface area contributed by atoms with Crippen LogP contribution in [0.5, 0.6) is 0 Å². The number of hydrogen-bond acceptors (Lipinski definition) is 3. The highest BCUT2D eigenvalue weighted by Gasteiger charge is 2.32. The smallest absolute Gasteiger partial charge is 0.123 e. The molecule has 0 saturated carbocycles. The molecule has 0 unspecified atom stereocenters. The molecule has 1 aromatic rings. The van der Waals surface area contributed by atoms with Crippen molar-refractivity contribution in [1.82, 2.24) is 5.32 Å². The summed E-state index contributed by atoms with van der Waals surface area (Å²) in [6, 6.07) is 6.51. The molecule has 0 amide bonds. The number of ether oxygens (including phenoxy) is 1. The lowest BCUT2D eigenvalue weighted by atomic mass is 10.0. The molecule has 17 heavy (non-hydrogen) atoms. The van der Waals surface area contributed by atoms with Gasteiger partial charge >= 0.3 is 0 Å². The van der Waals surface area contributed by atoms with Gasteiger partial charge in [0.05, 0.1) is 12.2 Å². The molecular weight excluding hydrogens is 219 g/mol. The van der Waals surface area contributed by atoms with Crippen LogP contribution in [0.25, 0.3) is 0 Å². The second-order valence-electron chi connectivity index (χ2n) is 4.80. The highest BCUT2D eigenvalue weighted by atomic mass is 19.1. The monoisotopic (exact) mass is 238 g/mol. The Morgan fingerprint density at radius 1 is 1.35 bits per heavy atom. The van der Waals surface area contributed by atoms with Crippen LogP contribution in [-0.2, 0) is 4.74 Å². The van der Waals surface area contributed by atoms with Gasteiger partial charge in [-0.1, -0.05) is 0 Å². The summed E-state index contributed by atoms with van der Waals surface area (Å²) in [4.78, 5) is 2.06. The van der Waals surface area contributed by atoms with Crippen LogP contribution in [0.4, 0.5) is 10.1 Å². The van der Waals surface area contributed by atoms with Crippen molar-refractivity contribution in [2.45, 2.75) is 12.5 Å². The Morgan fingerprint density at radius 3 is 2.53 bits per heavy atom. The fraction of sp³-hybridized carbons (Fsp3) is 0.538. The fourth-order valence-electron chi connectivity index (χ4n) is 1.83. The SMILES string of the molecule is CN(CCOC1(C)CNC1)c1ccc(F)cc1. The highest BCUT2D eigenvalue weighted by molar-refractivity contribution is 5.45. The average molecular weight is 238 g/mol. The Bertz CT molecular complexity index is 362. The predicted octanol–water partition coefficient (Wildman–Crippen LogP) is 1.64. The van der Waals surface area contributed by atoms with E-state index in [2.05, 4.69) is 17.1 Å². The Balaban J connectivity index is 1.77. The van der Waals surface area contributed by atoms with E-state index >= 15 is 0 Å². The molecule has 1 saturated heterocycles. The Labute approximate surface area is 102 Å². The van der Waals surface area contributed by atoms with Gasteiger partial charge in [-0.3, -0.25) is 0 Å². The molecular formula is C13H19FN2O. The van der Waals surface area contributed by atoms with E-state index in [1.165, 1.54) is 12.1 Å². The summed E-state index contributed by atoms with van der Waals surface area (Å²) in [6.07, 6.45) is 0. The summed E-state index contributed by atoms with van der Waals surface area (Å²) in [6.45, 7) is 5.45. The van der Waals surface area contributed by atoms with Gasteiger partial charge < -0.3 is 15.0 Å². The highest BCUT2D eigenvalue weighted by Crippen LogP contribution is 2.16. The van der Waals surface area contributed by atoms with Crippen molar-refractivity contribution in [3.8, 4) is 0 Å². The molecule has 0 radical (unpaired) electrons. The molecule has 2 rings (SSSR count). The maximum atomic E-state index is 12.8. The molecule has 0 atom stereocenters. The molecule has 3 nitrogen and oxygen atoms in total. The molecule has 1 fully saturated rings. The summed E-state index contributed by atoms with van der Waals surface area (Å²) in [5.74, 6) is -0.202. The first-order chi connectivity index (χ1) is 8.09. The lowest BCUT2D eigenvalue weighted by Crippen LogP contribution is -2.59. The fourth-order valence-corrected chi connectivity index (χ4v) is 1.83. The summed E-state index contributed by atoms with van der Waals surface area (Å²) in [5.41, 5.74) is 1.01. The maximum absolute atomic E-state index is 12.8. The number of likely N-dealkylation sites (N-methyl/N-ethyl adjacent to an activating group) is 1. The van der Waals surface area contributed by atoms with E-state index < -0.39 is 0 Å². The topological polar surface area (TPSA) is 24.5 Å². The third-order valence-electron chi connectivity index (χ3n) is 3.14. The van der Waals surface area contributed by atoms with Gasteiger partial charge in [-0.15, -0.1) is 0 Å². The van der Waals surface area contributed by atoms with Crippen LogP contribution in [0.15, 0.2) is 24.3 Å². The molecule has 0 bridgehead atoms. The van der Waals surface area contributed by atoms with Gasteiger partial charge in [-0.2, -0.15) is 0 Å². The summed E-state index contributed by atoms with van der Waals surface area (Å²) < 4.78 is 18.6. The van der Waals surface area contributed by atoms with Gasteiger partial charge in [0.25, 0.3) is 0 Å². The van der Waals surface area contributed by atoms with Gasteiger partial charge in [0.15, 0.2) is 0 Å². The summed E-state index contributed by atoms with van der Waals surface area (Å²) >= 11 is 0. The number of anilines is 1. The molecule has 0 aromatic heterocycles. The third kappa shape index (κ3) is 3.17. The van der Waals surface area contributed by atoms with Gasteiger partial charge in [0.1, 0.15) is 5.82 Å². The molecule has 0 aliphatic carbocycles. The van der Waals surface area contributed by atoms with Crippen LogP contribution in [0.2, 0.25) is 0 Å². The zero-order chi connectivity index (χ0) is 12.3. The van der Waals surface area contributed by atoms with E-state index in [9.17, 15) is 4.39 Å². The number of nitrogens with zero attached hydrogens (tertiary/aromatic N) is 1. The molecule has 1 aliphatic rings. The first-order valence-corrected chi connectivity index (χ1v) is 5.90. The van der Waals surface area contributed by atoms with Crippen LogP contribution >= 0.6 is 0 Å². The molecule has 0 spiro atoms. The van der Waals surface area contributed by atoms with Crippen molar-refractivity contribution >= 4 is 5.69 Å². The van der Waals surface area contributed by atoms with Crippen LogP contribution in [0.3, 0.4) is 0 Å². The van der Waals surface area contributed by atoms with Crippen molar-refractivity contribution in [3.05, 3.63) is 30.1 Å². The minimum absolute atomic E-state index is 0.00361. The predicted molar refractivity (Wildman–Crippen MR) is 66.9 cm³/mol. The minimum Gasteiger partial charge on any atom is -0.372 e. The Hall–Kier alpha value is -1.13. The quantitative estimate of drug-likeness (QED) is 0.844. The molecule has 1 aromatic carbocycles. The van der Waals surface area contributed by atoms with E-state index in [1.807, 2.05) is 7.05 Å². The number of halogens is 1.